The molecule has 1 aromatic rings. The fourth-order valence-electron chi connectivity index (χ4n) is 1.95. The first-order chi connectivity index (χ1) is 7.22. The van der Waals surface area contributed by atoms with Crippen molar-refractivity contribution in [3.8, 4) is 0 Å². The Kier molecular flexibility index (Phi) is 2.86. The summed E-state index contributed by atoms with van der Waals surface area (Å²) < 4.78 is 7.27. The van der Waals surface area contributed by atoms with E-state index >= 15 is 0 Å². The third kappa shape index (κ3) is 1.95. The third-order valence-corrected chi connectivity index (χ3v) is 2.79. The lowest BCUT2D eigenvalue weighted by Gasteiger charge is -2.10. The summed E-state index contributed by atoms with van der Waals surface area (Å²) in [5.41, 5.74) is 0.664. The molecule has 15 heavy (non-hydrogen) atoms. The molecule has 4 nitrogen and oxygen atoms in total. The second-order valence-corrected chi connectivity index (χ2v) is 3.91. The van der Waals surface area contributed by atoms with Gasteiger partial charge in [0.1, 0.15) is 11.8 Å². The largest absolute Gasteiger partial charge is 0.367 e. The summed E-state index contributed by atoms with van der Waals surface area (Å²) >= 11 is 0. The van der Waals surface area contributed by atoms with Crippen molar-refractivity contribution in [3.63, 3.8) is 0 Å². The molecule has 1 fully saturated rings. The van der Waals surface area contributed by atoms with Crippen LogP contribution in [0.15, 0.2) is 12.3 Å². The Labute approximate surface area is 89.2 Å². The van der Waals surface area contributed by atoms with Crippen molar-refractivity contribution in [3.05, 3.63) is 18.0 Å². The Balaban J connectivity index is 2.14. The third-order valence-electron chi connectivity index (χ3n) is 2.79. The fraction of sp³-hybridized carbons (Fsp3) is 0.636. The van der Waals surface area contributed by atoms with Crippen LogP contribution in [0.2, 0.25) is 0 Å². The summed E-state index contributed by atoms with van der Waals surface area (Å²) in [5.74, 6) is 0.0682. The van der Waals surface area contributed by atoms with Gasteiger partial charge in [-0.3, -0.25) is 9.48 Å². The number of hydrogen-bond acceptors (Lipinski definition) is 3. The van der Waals surface area contributed by atoms with E-state index in [1.165, 1.54) is 0 Å². The van der Waals surface area contributed by atoms with Crippen LogP contribution in [0.5, 0.6) is 0 Å². The minimum atomic E-state index is -0.262. The van der Waals surface area contributed by atoms with Gasteiger partial charge in [0.2, 0.25) is 5.78 Å². The van der Waals surface area contributed by atoms with E-state index in [-0.39, 0.29) is 18.0 Å². The van der Waals surface area contributed by atoms with Gasteiger partial charge in [0.25, 0.3) is 0 Å². The average molecular weight is 208 g/mol. The molecule has 0 radical (unpaired) electrons. The van der Waals surface area contributed by atoms with Gasteiger partial charge in [0.05, 0.1) is 6.10 Å². The van der Waals surface area contributed by atoms with Crippen LogP contribution in [0, 0.1) is 0 Å². The van der Waals surface area contributed by atoms with Crippen molar-refractivity contribution in [2.45, 2.75) is 45.4 Å². The van der Waals surface area contributed by atoms with Crippen LogP contribution in [-0.2, 0) is 11.3 Å². The van der Waals surface area contributed by atoms with Gasteiger partial charge in [-0.2, -0.15) is 5.10 Å². The van der Waals surface area contributed by atoms with Crippen LogP contribution < -0.4 is 0 Å². The molecule has 2 unspecified atom stereocenters. The molecule has 1 saturated heterocycles. The van der Waals surface area contributed by atoms with Crippen LogP contribution in [-0.4, -0.2) is 27.8 Å². The molecule has 0 bridgehead atoms. The number of nitrogens with zero attached hydrogens (tertiary/aromatic N) is 2. The molecule has 4 heteroatoms. The van der Waals surface area contributed by atoms with Crippen molar-refractivity contribution in [2.24, 2.45) is 0 Å². The van der Waals surface area contributed by atoms with Crippen LogP contribution in [0.3, 0.4) is 0 Å². The summed E-state index contributed by atoms with van der Waals surface area (Å²) in [7, 11) is 0. The molecule has 0 spiro atoms. The Bertz CT molecular complexity index is 359. The number of rotatable bonds is 3. The van der Waals surface area contributed by atoms with Gasteiger partial charge >= 0.3 is 0 Å². The summed E-state index contributed by atoms with van der Waals surface area (Å²) in [6, 6.07) is 1.76. The molecule has 0 N–H and O–H groups in total. The highest BCUT2D eigenvalue weighted by Gasteiger charge is 2.30. The lowest BCUT2D eigenvalue weighted by atomic mass is 10.1. The first-order valence-electron chi connectivity index (χ1n) is 5.44. The first kappa shape index (κ1) is 10.4. The Morgan fingerprint density at radius 3 is 3.07 bits per heavy atom. The van der Waals surface area contributed by atoms with E-state index in [1.807, 2.05) is 13.8 Å². The molecule has 2 atom stereocenters. The zero-order chi connectivity index (χ0) is 10.8. The average Bonchev–Trinajstić information content (AvgIpc) is 2.84. The lowest BCUT2D eigenvalue weighted by molar-refractivity contribution is 0.0424. The monoisotopic (exact) mass is 208 g/mol. The van der Waals surface area contributed by atoms with Gasteiger partial charge in [-0.25, -0.2) is 0 Å². The Hall–Kier alpha value is -1.16. The molecule has 0 aliphatic carbocycles. The van der Waals surface area contributed by atoms with Gasteiger partial charge in [0.15, 0.2) is 0 Å². The van der Waals surface area contributed by atoms with Gasteiger partial charge < -0.3 is 4.74 Å². The van der Waals surface area contributed by atoms with Crippen LogP contribution >= 0.6 is 0 Å². The predicted molar refractivity (Wildman–Crippen MR) is 55.8 cm³/mol. The standard InChI is InChI=1S/C11H16N2O2/c1-3-13-9(6-7-12-13)11(14)10-5-4-8(2)15-10/h6-8,10H,3-5H2,1-2H3. The van der Waals surface area contributed by atoms with Crippen LogP contribution in [0.1, 0.15) is 37.2 Å². The van der Waals surface area contributed by atoms with Gasteiger partial charge in [-0.05, 0) is 32.8 Å². The van der Waals surface area contributed by atoms with E-state index in [0.29, 0.717) is 5.69 Å². The zero-order valence-electron chi connectivity index (χ0n) is 9.14. The SMILES string of the molecule is CCn1nccc1C(=O)C1CCC(C)O1. The molecule has 1 aliphatic rings. The van der Waals surface area contributed by atoms with Crippen LogP contribution in [0.25, 0.3) is 0 Å². The summed E-state index contributed by atoms with van der Waals surface area (Å²) in [6.45, 7) is 4.70. The Morgan fingerprint density at radius 2 is 2.47 bits per heavy atom. The van der Waals surface area contributed by atoms with Gasteiger partial charge in [0, 0.05) is 12.7 Å². The molecule has 0 amide bonds. The highest BCUT2D eigenvalue weighted by Crippen LogP contribution is 2.22. The summed E-state index contributed by atoms with van der Waals surface area (Å²) in [6.07, 6.45) is 3.40. The van der Waals surface area contributed by atoms with Crippen molar-refractivity contribution in [1.82, 2.24) is 9.78 Å². The number of Topliss-reactive ketones (excluding diaryl/α,β-unsaturated/α-hetero) is 1. The number of hydrogen-bond donors (Lipinski definition) is 0. The lowest BCUT2D eigenvalue weighted by Crippen LogP contribution is -2.23. The summed E-state index contributed by atoms with van der Waals surface area (Å²) in [4.78, 5) is 12.0. The van der Waals surface area contributed by atoms with Crippen LogP contribution in [0.4, 0.5) is 0 Å². The maximum atomic E-state index is 12.0. The highest BCUT2D eigenvalue weighted by molar-refractivity contribution is 5.98. The van der Waals surface area contributed by atoms with E-state index in [4.69, 9.17) is 4.74 Å². The number of aromatic nitrogens is 2. The minimum absolute atomic E-state index is 0.0682. The fourth-order valence-corrected chi connectivity index (χ4v) is 1.95. The van der Waals surface area contributed by atoms with Crippen molar-refractivity contribution in [1.29, 1.82) is 0 Å². The Morgan fingerprint density at radius 1 is 1.67 bits per heavy atom. The van der Waals surface area contributed by atoms with Crippen molar-refractivity contribution < 1.29 is 9.53 Å². The molecule has 0 saturated carbocycles. The zero-order valence-corrected chi connectivity index (χ0v) is 9.14. The van der Waals surface area contributed by atoms with E-state index in [2.05, 4.69) is 5.10 Å². The number of carbonyl (C=O) groups excluding carboxylic acids is 1. The highest BCUT2D eigenvalue weighted by atomic mass is 16.5. The predicted octanol–water partition coefficient (Wildman–Crippen LogP) is 1.65. The quantitative estimate of drug-likeness (QED) is 0.709. The maximum Gasteiger partial charge on any atom is 0.209 e. The maximum absolute atomic E-state index is 12.0. The van der Waals surface area contributed by atoms with Gasteiger partial charge in [-0.1, -0.05) is 0 Å². The number of carbonyl (C=O) groups is 1. The number of ether oxygens (including phenoxy) is 1. The number of aryl methyl sites for hydroxylation is 1. The molecule has 1 aliphatic heterocycles. The second-order valence-electron chi connectivity index (χ2n) is 3.91. The van der Waals surface area contributed by atoms with Gasteiger partial charge in [-0.15, -0.1) is 0 Å². The summed E-state index contributed by atoms with van der Waals surface area (Å²) in [5, 5.41) is 4.09. The van der Waals surface area contributed by atoms with E-state index in [0.717, 1.165) is 19.4 Å². The first-order valence-corrected chi connectivity index (χ1v) is 5.44. The molecule has 82 valence electrons. The second kappa shape index (κ2) is 4.14. The normalized spacial score (nSPS) is 25.7. The number of ketones is 1. The van der Waals surface area contributed by atoms with E-state index in [9.17, 15) is 4.79 Å². The van der Waals surface area contributed by atoms with E-state index < -0.39 is 0 Å². The smallest absolute Gasteiger partial charge is 0.209 e. The molecule has 1 aromatic heterocycles. The van der Waals surface area contributed by atoms with E-state index in [1.54, 1.807) is 16.9 Å². The minimum Gasteiger partial charge on any atom is -0.367 e. The van der Waals surface area contributed by atoms with Crippen molar-refractivity contribution >= 4 is 5.78 Å². The molecular weight excluding hydrogens is 192 g/mol. The molecular formula is C11H16N2O2. The van der Waals surface area contributed by atoms with Crippen molar-refractivity contribution in [2.75, 3.05) is 0 Å². The molecule has 2 heterocycles. The molecule has 2 rings (SSSR count). The topological polar surface area (TPSA) is 44.1 Å². The molecule has 0 aromatic carbocycles.